The van der Waals surface area contributed by atoms with Crippen molar-refractivity contribution in [2.45, 2.75) is 32.6 Å². The number of benzene rings is 1. The Balaban J connectivity index is 1.85. The van der Waals surface area contributed by atoms with Crippen LogP contribution in [0.3, 0.4) is 0 Å². The van der Waals surface area contributed by atoms with Crippen LogP contribution in [0.5, 0.6) is 0 Å². The molecule has 0 heterocycles. The Hall–Kier alpha value is -1.79. The molecule has 1 aromatic rings. The van der Waals surface area contributed by atoms with Gasteiger partial charge in [0, 0.05) is 17.7 Å². The van der Waals surface area contributed by atoms with Crippen LogP contribution in [0.2, 0.25) is 0 Å². The second-order valence-corrected chi connectivity index (χ2v) is 5.89. The molecule has 2 atom stereocenters. The van der Waals surface area contributed by atoms with Crippen molar-refractivity contribution in [1.29, 1.82) is 0 Å². The number of hydrogen-bond donors (Lipinski definition) is 2. The zero-order chi connectivity index (χ0) is 15.1. The first kappa shape index (κ1) is 15.6. The van der Waals surface area contributed by atoms with E-state index in [1.54, 1.807) is 24.3 Å². The Kier molecular flexibility index (Phi) is 5.83. The lowest BCUT2D eigenvalue weighted by Gasteiger charge is -2.26. The molecule has 0 radical (unpaired) electrons. The summed E-state index contributed by atoms with van der Waals surface area (Å²) in [6.45, 7) is 2.91. The number of aliphatic hydroxyl groups is 1. The summed E-state index contributed by atoms with van der Waals surface area (Å²) >= 11 is 0. The van der Waals surface area contributed by atoms with Crippen LogP contribution < -0.4 is 5.32 Å². The van der Waals surface area contributed by atoms with Crippen molar-refractivity contribution in [2.24, 2.45) is 11.8 Å². The predicted molar refractivity (Wildman–Crippen MR) is 83.9 cm³/mol. The van der Waals surface area contributed by atoms with Gasteiger partial charge in [-0.2, -0.15) is 0 Å². The van der Waals surface area contributed by atoms with E-state index in [9.17, 15) is 4.79 Å². The minimum Gasteiger partial charge on any atom is -0.384 e. The molecule has 1 aromatic carbocycles. The van der Waals surface area contributed by atoms with E-state index in [1.807, 2.05) is 0 Å². The average Bonchev–Trinajstić information content (AvgIpc) is 2.51. The lowest BCUT2D eigenvalue weighted by atomic mass is 9.82. The first-order valence-electron chi connectivity index (χ1n) is 7.67. The summed E-state index contributed by atoms with van der Waals surface area (Å²) in [6.07, 6.45) is 5.04. The molecule has 0 bridgehead atoms. The Labute approximate surface area is 126 Å². The van der Waals surface area contributed by atoms with Gasteiger partial charge < -0.3 is 10.4 Å². The molecule has 1 fully saturated rings. The Morgan fingerprint density at radius 1 is 1.33 bits per heavy atom. The smallest absolute Gasteiger partial charge is 0.251 e. The van der Waals surface area contributed by atoms with Crippen molar-refractivity contribution in [3.05, 3.63) is 35.4 Å². The van der Waals surface area contributed by atoms with Crippen LogP contribution in [0.1, 0.15) is 48.5 Å². The van der Waals surface area contributed by atoms with Crippen LogP contribution in [-0.4, -0.2) is 24.2 Å². The van der Waals surface area contributed by atoms with Gasteiger partial charge in [-0.1, -0.05) is 31.6 Å². The van der Waals surface area contributed by atoms with E-state index in [-0.39, 0.29) is 12.5 Å². The molecule has 0 aliphatic heterocycles. The highest BCUT2D eigenvalue weighted by Crippen LogP contribution is 2.27. The van der Waals surface area contributed by atoms with E-state index >= 15 is 0 Å². The third-order valence-electron chi connectivity index (χ3n) is 4.06. The van der Waals surface area contributed by atoms with E-state index in [4.69, 9.17) is 5.11 Å². The standard InChI is InChI=1S/C18H23NO2/c1-14-4-2-5-16(12-14)13-19-18(21)17-9-7-15(8-10-17)6-3-11-20/h7-10,14,16,20H,2,4-5,11-13H2,1H3,(H,19,21). The quantitative estimate of drug-likeness (QED) is 0.839. The number of carbonyl (C=O) groups excluding carboxylic acids is 1. The number of carbonyl (C=O) groups is 1. The van der Waals surface area contributed by atoms with Gasteiger partial charge in [0.2, 0.25) is 0 Å². The summed E-state index contributed by atoms with van der Waals surface area (Å²) in [5.74, 6) is 6.79. The highest BCUT2D eigenvalue weighted by molar-refractivity contribution is 5.94. The monoisotopic (exact) mass is 285 g/mol. The second kappa shape index (κ2) is 7.85. The van der Waals surface area contributed by atoms with Crippen LogP contribution in [0.15, 0.2) is 24.3 Å². The predicted octanol–water partition coefficient (Wildman–Crippen LogP) is 2.59. The molecule has 1 amide bonds. The van der Waals surface area contributed by atoms with Gasteiger partial charge in [-0.3, -0.25) is 4.79 Å². The minimum atomic E-state index is -0.151. The van der Waals surface area contributed by atoms with Gasteiger partial charge in [0.15, 0.2) is 0 Å². The average molecular weight is 285 g/mol. The Bertz CT molecular complexity index is 524. The summed E-state index contributed by atoms with van der Waals surface area (Å²) in [4.78, 5) is 12.1. The van der Waals surface area contributed by atoms with Gasteiger partial charge in [-0.15, -0.1) is 0 Å². The molecule has 0 aromatic heterocycles. The zero-order valence-corrected chi connectivity index (χ0v) is 12.6. The minimum absolute atomic E-state index is 0.0186. The van der Waals surface area contributed by atoms with Crippen LogP contribution >= 0.6 is 0 Å². The molecule has 3 nitrogen and oxygen atoms in total. The van der Waals surface area contributed by atoms with Crippen LogP contribution in [0.4, 0.5) is 0 Å². The van der Waals surface area contributed by atoms with Gasteiger partial charge in [-0.25, -0.2) is 0 Å². The summed E-state index contributed by atoms with van der Waals surface area (Å²) < 4.78 is 0. The molecule has 2 unspecified atom stereocenters. The third-order valence-corrected chi connectivity index (χ3v) is 4.06. The number of rotatable bonds is 3. The van der Waals surface area contributed by atoms with Crippen LogP contribution in [0, 0.1) is 23.7 Å². The molecular formula is C18H23NO2. The Morgan fingerprint density at radius 3 is 2.76 bits per heavy atom. The molecule has 1 saturated carbocycles. The van der Waals surface area contributed by atoms with E-state index in [2.05, 4.69) is 24.1 Å². The molecule has 1 aliphatic carbocycles. The SMILES string of the molecule is CC1CCCC(CNC(=O)c2ccc(C#CCO)cc2)C1. The first-order valence-corrected chi connectivity index (χ1v) is 7.67. The topological polar surface area (TPSA) is 49.3 Å². The number of amides is 1. The van der Waals surface area contributed by atoms with Crippen LogP contribution in [0.25, 0.3) is 0 Å². The van der Waals surface area contributed by atoms with Gasteiger partial charge in [0.25, 0.3) is 5.91 Å². The highest BCUT2D eigenvalue weighted by Gasteiger charge is 2.19. The molecular weight excluding hydrogens is 262 g/mol. The second-order valence-electron chi connectivity index (χ2n) is 5.89. The summed E-state index contributed by atoms with van der Waals surface area (Å²) in [5, 5.41) is 11.7. The fourth-order valence-corrected chi connectivity index (χ4v) is 2.93. The van der Waals surface area contributed by atoms with Gasteiger partial charge in [-0.05, 0) is 48.9 Å². The number of hydrogen-bond acceptors (Lipinski definition) is 2. The largest absolute Gasteiger partial charge is 0.384 e. The van der Waals surface area contributed by atoms with Crippen molar-refractivity contribution in [3.63, 3.8) is 0 Å². The van der Waals surface area contributed by atoms with E-state index in [0.717, 1.165) is 18.0 Å². The van der Waals surface area contributed by atoms with Gasteiger partial charge in [0.05, 0.1) is 0 Å². The fraction of sp³-hybridized carbons (Fsp3) is 0.500. The number of aliphatic hydroxyl groups excluding tert-OH is 1. The normalized spacial score (nSPS) is 21.2. The molecule has 1 aliphatic rings. The molecule has 3 heteroatoms. The maximum Gasteiger partial charge on any atom is 0.251 e. The molecule has 0 saturated heterocycles. The van der Waals surface area contributed by atoms with Gasteiger partial charge >= 0.3 is 0 Å². The van der Waals surface area contributed by atoms with Crippen molar-refractivity contribution in [3.8, 4) is 11.8 Å². The summed E-state index contributed by atoms with van der Waals surface area (Å²) in [7, 11) is 0. The third kappa shape index (κ3) is 4.91. The summed E-state index contributed by atoms with van der Waals surface area (Å²) in [6, 6.07) is 7.17. The van der Waals surface area contributed by atoms with Crippen molar-refractivity contribution >= 4 is 5.91 Å². The fourth-order valence-electron chi connectivity index (χ4n) is 2.93. The number of nitrogens with one attached hydrogen (secondary N) is 1. The molecule has 21 heavy (non-hydrogen) atoms. The van der Waals surface area contributed by atoms with Crippen molar-refractivity contribution in [2.75, 3.05) is 13.2 Å². The zero-order valence-electron chi connectivity index (χ0n) is 12.6. The maximum atomic E-state index is 12.1. The lowest BCUT2D eigenvalue weighted by Crippen LogP contribution is -2.31. The van der Waals surface area contributed by atoms with Crippen LogP contribution in [-0.2, 0) is 0 Å². The maximum absolute atomic E-state index is 12.1. The summed E-state index contributed by atoms with van der Waals surface area (Å²) in [5.41, 5.74) is 1.47. The molecule has 2 rings (SSSR count). The first-order chi connectivity index (χ1) is 10.2. The van der Waals surface area contributed by atoms with Crippen molar-refractivity contribution < 1.29 is 9.90 Å². The highest BCUT2D eigenvalue weighted by atomic mass is 16.2. The van der Waals surface area contributed by atoms with E-state index in [1.165, 1.54) is 25.7 Å². The van der Waals surface area contributed by atoms with E-state index in [0.29, 0.717) is 11.5 Å². The van der Waals surface area contributed by atoms with Crippen molar-refractivity contribution in [1.82, 2.24) is 5.32 Å². The van der Waals surface area contributed by atoms with E-state index < -0.39 is 0 Å². The van der Waals surface area contributed by atoms with Gasteiger partial charge in [0.1, 0.15) is 6.61 Å². The molecule has 112 valence electrons. The molecule has 0 spiro atoms. The lowest BCUT2D eigenvalue weighted by molar-refractivity contribution is 0.0940. The molecule has 2 N–H and O–H groups in total. The Morgan fingerprint density at radius 2 is 2.10 bits per heavy atom.